The van der Waals surface area contributed by atoms with Crippen molar-refractivity contribution in [2.24, 2.45) is 0 Å². The van der Waals surface area contributed by atoms with Gasteiger partial charge >= 0.3 is 0 Å². The number of rotatable bonds is 3. The molecule has 2 aromatic rings. The Balaban J connectivity index is 2.87. The lowest BCUT2D eigenvalue weighted by Crippen LogP contribution is -2.21. The van der Waals surface area contributed by atoms with Crippen LogP contribution in [-0.2, 0) is 6.42 Å². The van der Waals surface area contributed by atoms with Crippen molar-refractivity contribution >= 4 is 28.8 Å². The Morgan fingerprint density at radius 3 is 2.72 bits per heavy atom. The number of fused-ring (bicyclic) bond motifs is 1. The molecule has 4 nitrogen and oxygen atoms in total. The Morgan fingerprint density at radius 2 is 2.11 bits per heavy atom. The summed E-state index contributed by atoms with van der Waals surface area (Å²) in [6.45, 7) is 1.98. The topological polar surface area (TPSA) is 43.6 Å². The van der Waals surface area contributed by atoms with Gasteiger partial charge in [-0.3, -0.25) is 4.79 Å². The van der Waals surface area contributed by atoms with E-state index in [4.69, 9.17) is 27.9 Å². The van der Waals surface area contributed by atoms with Gasteiger partial charge in [0.1, 0.15) is 10.8 Å². The molecule has 0 aromatic carbocycles. The van der Waals surface area contributed by atoms with Crippen LogP contribution < -0.4 is 10.3 Å². The fourth-order valence-corrected chi connectivity index (χ4v) is 2.37. The van der Waals surface area contributed by atoms with Crippen molar-refractivity contribution in [3.8, 4) is 5.88 Å². The Kier molecular flexibility index (Phi) is 3.78. The minimum absolute atomic E-state index is 0.208. The van der Waals surface area contributed by atoms with Gasteiger partial charge in [0.2, 0.25) is 5.88 Å². The molecule has 2 heterocycles. The molecular weight excluding hydrogens is 275 g/mol. The van der Waals surface area contributed by atoms with Gasteiger partial charge in [0.05, 0.1) is 12.7 Å². The number of pyridine rings is 1. The predicted octanol–water partition coefficient (Wildman–Crippen LogP) is 2.96. The lowest BCUT2D eigenvalue weighted by Gasteiger charge is -2.10. The SMILES string of the molecule is CCCc1c(OC)nc2cc(Cl)cc(Cl)n2c1=O. The number of methoxy groups -OCH3 is 1. The summed E-state index contributed by atoms with van der Waals surface area (Å²) in [5.74, 6) is 0.334. The molecule has 0 saturated carbocycles. The fourth-order valence-electron chi connectivity index (χ4n) is 1.83. The average Bonchev–Trinajstić information content (AvgIpc) is 2.31. The number of hydrogen-bond acceptors (Lipinski definition) is 3. The standard InChI is InChI=1S/C12H12Cl2N2O2/c1-3-4-8-11(18-2)15-10-6-7(13)5-9(14)16(10)12(8)17/h5-6H,3-4H2,1-2H3. The molecular formula is C12H12Cl2N2O2. The summed E-state index contributed by atoms with van der Waals surface area (Å²) < 4.78 is 6.49. The Labute approximate surface area is 114 Å². The normalized spacial score (nSPS) is 10.9. The van der Waals surface area contributed by atoms with Crippen LogP contribution in [0.1, 0.15) is 18.9 Å². The van der Waals surface area contributed by atoms with Gasteiger partial charge in [-0.2, -0.15) is 4.98 Å². The van der Waals surface area contributed by atoms with E-state index < -0.39 is 0 Å². The molecule has 0 aliphatic carbocycles. The number of ether oxygens (including phenoxy) is 1. The van der Waals surface area contributed by atoms with Gasteiger partial charge < -0.3 is 4.74 Å². The van der Waals surface area contributed by atoms with E-state index in [1.54, 1.807) is 6.07 Å². The van der Waals surface area contributed by atoms with E-state index in [0.717, 1.165) is 6.42 Å². The highest BCUT2D eigenvalue weighted by Crippen LogP contribution is 2.21. The Bertz CT molecular complexity index is 653. The molecule has 0 aliphatic rings. The predicted molar refractivity (Wildman–Crippen MR) is 72.0 cm³/mol. The van der Waals surface area contributed by atoms with E-state index in [1.165, 1.54) is 17.6 Å². The van der Waals surface area contributed by atoms with Crippen molar-refractivity contribution in [1.82, 2.24) is 9.38 Å². The molecule has 0 fully saturated rings. The minimum Gasteiger partial charge on any atom is -0.481 e. The minimum atomic E-state index is -0.208. The Morgan fingerprint density at radius 1 is 1.39 bits per heavy atom. The van der Waals surface area contributed by atoms with Crippen LogP contribution in [0.2, 0.25) is 10.2 Å². The highest BCUT2D eigenvalue weighted by Gasteiger charge is 2.14. The molecule has 2 rings (SSSR count). The average molecular weight is 287 g/mol. The van der Waals surface area contributed by atoms with E-state index in [-0.39, 0.29) is 10.7 Å². The first-order valence-corrected chi connectivity index (χ1v) is 6.28. The number of nitrogens with zero attached hydrogens (tertiary/aromatic N) is 2. The molecule has 0 N–H and O–H groups in total. The summed E-state index contributed by atoms with van der Waals surface area (Å²) in [4.78, 5) is 16.6. The van der Waals surface area contributed by atoms with Gasteiger partial charge in [0, 0.05) is 11.1 Å². The fraction of sp³-hybridized carbons (Fsp3) is 0.333. The molecule has 0 spiro atoms. The zero-order valence-electron chi connectivity index (χ0n) is 10.0. The first kappa shape index (κ1) is 13.2. The molecule has 6 heteroatoms. The quantitative estimate of drug-likeness (QED) is 0.815. The molecule has 96 valence electrons. The van der Waals surface area contributed by atoms with Crippen LogP contribution in [0.25, 0.3) is 5.65 Å². The van der Waals surface area contributed by atoms with Gasteiger partial charge in [-0.25, -0.2) is 4.40 Å². The van der Waals surface area contributed by atoms with Crippen molar-refractivity contribution in [3.63, 3.8) is 0 Å². The molecule has 18 heavy (non-hydrogen) atoms. The van der Waals surface area contributed by atoms with Crippen molar-refractivity contribution in [2.45, 2.75) is 19.8 Å². The molecule has 0 radical (unpaired) electrons. The molecule has 0 saturated heterocycles. The maximum atomic E-state index is 12.3. The van der Waals surface area contributed by atoms with Crippen LogP contribution in [0.5, 0.6) is 5.88 Å². The van der Waals surface area contributed by atoms with Crippen molar-refractivity contribution in [3.05, 3.63) is 38.2 Å². The number of aromatic nitrogens is 2. The van der Waals surface area contributed by atoms with Crippen LogP contribution in [0.3, 0.4) is 0 Å². The third-order valence-electron chi connectivity index (χ3n) is 2.60. The van der Waals surface area contributed by atoms with Gasteiger partial charge in [-0.15, -0.1) is 0 Å². The van der Waals surface area contributed by atoms with Gasteiger partial charge in [-0.1, -0.05) is 36.5 Å². The van der Waals surface area contributed by atoms with E-state index in [9.17, 15) is 4.79 Å². The summed E-state index contributed by atoms with van der Waals surface area (Å²) in [6.07, 6.45) is 1.42. The van der Waals surface area contributed by atoms with Gasteiger partial charge in [0.15, 0.2) is 0 Å². The van der Waals surface area contributed by atoms with Crippen LogP contribution in [0.4, 0.5) is 0 Å². The highest BCUT2D eigenvalue weighted by molar-refractivity contribution is 6.34. The first-order valence-electron chi connectivity index (χ1n) is 5.53. The summed E-state index contributed by atoms with van der Waals surface area (Å²) >= 11 is 11.9. The second-order valence-electron chi connectivity index (χ2n) is 3.84. The van der Waals surface area contributed by atoms with Gasteiger partial charge in [-0.05, 0) is 12.5 Å². The first-order chi connectivity index (χ1) is 8.58. The number of halogens is 2. The lowest BCUT2D eigenvalue weighted by atomic mass is 10.2. The van der Waals surface area contributed by atoms with Crippen molar-refractivity contribution < 1.29 is 4.74 Å². The summed E-state index contributed by atoms with van der Waals surface area (Å²) in [5.41, 5.74) is 0.705. The smallest absolute Gasteiger partial charge is 0.266 e. The highest BCUT2D eigenvalue weighted by atomic mass is 35.5. The molecule has 0 amide bonds. The summed E-state index contributed by atoms with van der Waals surface area (Å²) in [6, 6.07) is 3.09. The zero-order chi connectivity index (χ0) is 13.3. The molecule has 0 bridgehead atoms. The van der Waals surface area contributed by atoms with Crippen LogP contribution >= 0.6 is 23.2 Å². The second kappa shape index (κ2) is 5.16. The molecule has 0 atom stereocenters. The van der Waals surface area contributed by atoms with Crippen LogP contribution in [0.15, 0.2) is 16.9 Å². The Hall–Kier alpha value is -1.26. The largest absolute Gasteiger partial charge is 0.481 e. The van der Waals surface area contributed by atoms with E-state index in [1.807, 2.05) is 6.92 Å². The summed E-state index contributed by atoms with van der Waals surface area (Å²) in [7, 11) is 1.49. The molecule has 0 aliphatic heterocycles. The maximum absolute atomic E-state index is 12.3. The van der Waals surface area contributed by atoms with Gasteiger partial charge in [0.25, 0.3) is 5.56 Å². The van der Waals surface area contributed by atoms with E-state index in [0.29, 0.717) is 28.5 Å². The maximum Gasteiger partial charge on any atom is 0.266 e. The third kappa shape index (κ3) is 2.18. The molecule has 0 unspecified atom stereocenters. The van der Waals surface area contributed by atoms with E-state index in [2.05, 4.69) is 4.98 Å². The monoisotopic (exact) mass is 286 g/mol. The van der Waals surface area contributed by atoms with Crippen molar-refractivity contribution in [2.75, 3.05) is 7.11 Å². The third-order valence-corrected chi connectivity index (χ3v) is 3.09. The second-order valence-corrected chi connectivity index (χ2v) is 4.67. The van der Waals surface area contributed by atoms with Crippen LogP contribution in [-0.4, -0.2) is 16.5 Å². The van der Waals surface area contributed by atoms with E-state index >= 15 is 0 Å². The number of hydrogen-bond donors (Lipinski definition) is 0. The van der Waals surface area contributed by atoms with Crippen LogP contribution in [0, 0.1) is 0 Å². The van der Waals surface area contributed by atoms with Crippen molar-refractivity contribution in [1.29, 1.82) is 0 Å². The lowest BCUT2D eigenvalue weighted by molar-refractivity contribution is 0.391. The summed E-state index contributed by atoms with van der Waals surface area (Å²) in [5, 5.41) is 0.673. The zero-order valence-corrected chi connectivity index (χ0v) is 11.5. The molecule has 2 aromatic heterocycles.